The van der Waals surface area contributed by atoms with Crippen molar-refractivity contribution in [3.8, 4) is 0 Å². The Labute approximate surface area is 118 Å². The van der Waals surface area contributed by atoms with Crippen molar-refractivity contribution >= 4 is 5.97 Å². The molecule has 0 saturated heterocycles. The molecule has 92 valence electrons. The molecule has 0 unspecified atom stereocenters. The normalized spacial score (nSPS) is 10.0. The Bertz CT molecular complexity index is 171. The first kappa shape index (κ1) is 18.6. The van der Waals surface area contributed by atoms with Crippen molar-refractivity contribution in [1.82, 2.24) is 10.6 Å². The summed E-state index contributed by atoms with van der Waals surface area (Å²) in [5.74, 6) is -0.498. The van der Waals surface area contributed by atoms with Gasteiger partial charge in [0.1, 0.15) is 6.61 Å². The molecule has 0 bridgehead atoms. The van der Waals surface area contributed by atoms with Gasteiger partial charge in [-0.1, -0.05) is 0 Å². The van der Waals surface area contributed by atoms with Crippen LogP contribution in [0.15, 0.2) is 0 Å². The van der Waals surface area contributed by atoms with Crippen molar-refractivity contribution in [3.05, 3.63) is 0 Å². The minimum absolute atomic E-state index is 0. The zero-order valence-electron chi connectivity index (χ0n) is 10.6. The molecule has 6 N–H and O–H groups in total. The van der Waals surface area contributed by atoms with Gasteiger partial charge < -0.3 is 22.1 Å². The molecular weight excluding hydrogens is 225 g/mol. The van der Waals surface area contributed by atoms with Gasteiger partial charge in [0.25, 0.3) is 0 Å². The summed E-state index contributed by atoms with van der Waals surface area (Å²) in [6.07, 6.45) is -0.726. The molecule has 0 aromatic heterocycles. The number of carbonyl (C=O) groups excluding carboxylic acids is 1. The zero-order valence-corrected chi connectivity index (χ0v) is 11.6. The maximum atomic E-state index is 11.3. The van der Waals surface area contributed by atoms with Crippen molar-refractivity contribution in [2.24, 2.45) is 5.73 Å². The minimum Gasteiger partial charge on any atom is -1.00 e. The number of nitrogens with one attached hydrogen (secondary N) is 2. The third-order valence-electron chi connectivity index (χ3n) is 1.52. The number of aliphatic hydroxyl groups excluding tert-OH is 2. The molecule has 16 heavy (non-hydrogen) atoms. The van der Waals surface area contributed by atoms with E-state index < -0.39 is 12.1 Å². The Kier molecular flexibility index (Phi) is 15.5. The Hall–Kier alpha value is 0.270. The van der Waals surface area contributed by atoms with Gasteiger partial charge in [0.05, 0.1) is 13.2 Å². The van der Waals surface area contributed by atoms with Crippen molar-refractivity contribution in [3.63, 3.8) is 0 Å². The molecule has 0 radical (unpaired) electrons. The van der Waals surface area contributed by atoms with Gasteiger partial charge >= 0.3 is 35.5 Å². The van der Waals surface area contributed by atoms with E-state index in [1.807, 2.05) is 0 Å². The van der Waals surface area contributed by atoms with Gasteiger partial charge in [-0.25, -0.2) is 4.79 Å². The number of nitrogens with two attached hydrogens (primary N) is 1. The molecular formula is C8H20N3NaO4. The fourth-order valence-corrected chi connectivity index (χ4v) is 0.899. The van der Waals surface area contributed by atoms with E-state index in [2.05, 4.69) is 10.6 Å². The molecule has 0 fully saturated rings. The third-order valence-corrected chi connectivity index (χ3v) is 1.52. The molecule has 0 spiro atoms. The van der Waals surface area contributed by atoms with Crippen LogP contribution in [-0.2, 0) is 9.53 Å². The van der Waals surface area contributed by atoms with Crippen molar-refractivity contribution in [1.29, 1.82) is 0 Å². The first-order valence-corrected chi connectivity index (χ1v) is 4.81. The van der Waals surface area contributed by atoms with Crippen molar-refractivity contribution in [2.45, 2.75) is 6.17 Å². The summed E-state index contributed by atoms with van der Waals surface area (Å²) in [5, 5.41) is 22.6. The molecule has 0 atom stereocenters. The van der Waals surface area contributed by atoms with Crippen LogP contribution in [0.5, 0.6) is 0 Å². The second kappa shape index (κ2) is 13.3. The van der Waals surface area contributed by atoms with Crippen LogP contribution in [0.1, 0.15) is 1.43 Å². The second-order valence-electron chi connectivity index (χ2n) is 2.74. The standard InChI is InChI=1S/C8H19N3O4.Na.H/c9-1-6-15-8(14)7(10-2-4-12)11-3-5-13;;/h7,10-13H,1-6,9H2;;/q;+1;-1. The van der Waals surface area contributed by atoms with Crippen LogP contribution in [0, 0.1) is 0 Å². The van der Waals surface area contributed by atoms with Crippen LogP contribution in [0.25, 0.3) is 0 Å². The van der Waals surface area contributed by atoms with Gasteiger partial charge in [0.2, 0.25) is 0 Å². The number of rotatable bonds is 9. The van der Waals surface area contributed by atoms with Gasteiger partial charge in [0.15, 0.2) is 6.17 Å². The summed E-state index contributed by atoms with van der Waals surface area (Å²) in [6.45, 7) is 0.778. The van der Waals surface area contributed by atoms with Crippen LogP contribution >= 0.6 is 0 Å². The van der Waals surface area contributed by atoms with E-state index in [0.717, 1.165) is 0 Å². The van der Waals surface area contributed by atoms with E-state index in [4.69, 9.17) is 20.7 Å². The van der Waals surface area contributed by atoms with Crippen molar-refractivity contribution in [2.75, 3.05) is 39.5 Å². The summed E-state index contributed by atoms with van der Waals surface area (Å²) in [7, 11) is 0. The maximum absolute atomic E-state index is 11.3. The van der Waals surface area contributed by atoms with Crippen LogP contribution in [-0.4, -0.2) is 61.8 Å². The van der Waals surface area contributed by atoms with E-state index in [1.165, 1.54) is 0 Å². The Morgan fingerprint density at radius 1 is 1.31 bits per heavy atom. The molecule has 0 aliphatic rings. The molecule has 0 heterocycles. The predicted octanol–water partition coefficient (Wildman–Crippen LogP) is -5.91. The first-order valence-electron chi connectivity index (χ1n) is 4.81. The van der Waals surface area contributed by atoms with E-state index >= 15 is 0 Å². The zero-order chi connectivity index (χ0) is 11.5. The third kappa shape index (κ3) is 9.49. The smallest absolute Gasteiger partial charge is 1.00 e. The first-order chi connectivity index (χ1) is 7.26. The Balaban J connectivity index is -0.000000980. The molecule has 0 aromatic rings. The molecule has 0 aliphatic carbocycles. The molecule has 0 amide bonds. The number of hydrogen-bond acceptors (Lipinski definition) is 7. The summed E-state index contributed by atoms with van der Waals surface area (Å²) >= 11 is 0. The quantitative estimate of drug-likeness (QED) is 0.156. The van der Waals surface area contributed by atoms with Gasteiger partial charge in [-0.15, -0.1) is 0 Å². The van der Waals surface area contributed by atoms with Crippen LogP contribution in [0.3, 0.4) is 0 Å². The van der Waals surface area contributed by atoms with Crippen LogP contribution in [0.4, 0.5) is 0 Å². The molecule has 0 aliphatic heterocycles. The van der Waals surface area contributed by atoms with E-state index in [-0.39, 0.29) is 70.4 Å². The maximum Gasteiger partial charge on any atom is 1.00 e. The summed E-state index contributed by atoms with van der Waals surface area (Å²) < 4.78 is 4.80. The Morgan fingerprint density at radius 3 is 2.19 bits per heavy atom. The number of aliphatic hydroxyl groups is 2. The van der Waals surface area contributed by atoms with Crippen LogP contribution in [0.2, 0.25) is 0 Å². The fraction of sp³-hybridized carbons (Fsp3) is 0.875. The summed E-state index contributed by atoms with van der Waals surface area (Å²) in [6, 6.07) is 0. The van der Waals surface area contributed by atoms with Gasteiger partial charge in [0, 0.05) is 19.6 Å². The van der Waals surface area contributed by atoms with E-state index in [1.54, 1.807) is 0 Å². The number of carbonyl (C=O) groups is 1. The minimum atomic E-state index is -0.726. The average molecular weight is 245 g/mol. The largest absolute Gasteiger partial charge is 1.00 e. The summed E-state index contributed by atoms with van der Waals surface area (Å²) in [4.78, 5) is 11.3. The molecule has 0 rings (SSSR count). The van der Waals surface area contributed by atoms with Gasteiger partial charge in [-0.05, 0) is 0 Å². The van der Waals surface area contributed by atoms with Crippen molar-refractivity contribution < 1.29 is 50.7 Å². The van der Waals surface area contributed by atoms with E-state index in [9.17, 15) is 4.79 Å². The molecule has 7 nitrogen and oxygen atoms in total. The fourth-order valence-electron chi connectivity index (χ4n) is 0.899. The van der Waals surface area contributed by atoms with Crippen LogP contribution < -0.4 is 45.9 Å². The SMILES string of the molecule is NCCOC(=O)C(NCCO)NCCO.[H-].[Na+]. The number of esters is 1. The van der Waals surface area contributed by atoms with E-state index in [0.29, 0.717) is 0 Å². The Morgan fingerprint density at radius 2 is 1.81 bits per heavy atom. The van der Waals surface area contributed by atoms with Gasteiger partial charge in [-0.2, -0.15) is 0 Å². The number of ether oxygens (including phenoxy) is 1. The monoisotopic (exact) mass is 245 g/mol. The second-order valence-corrected chi connectivity index (χ2v) is 2.74. The van der Waals surface area contributed by atoms with Gasteiger partial charge in [-0.3, -0.25) is 10.6 Å². The summed E-state index contributed by atoms with van der Waals surface area (Å²) in [5.41, 5.74) is 5.18. The molecule has 0 aromatic carbocycles. The average Bonchev–Trinajstić information content (AvgIpc) is 2.26. The number of hydrogen-bond donors (Lipinski definition) is 5. The molecule has 0 saturated carbocycles. The topological polar surface area (TPSA) is 117 Å². The molecule has 8 heteroatoms. The predicted molar refractivity (Wildman–Crippen MR) is 55.1 cm³/mol.